The van der Waals surface area contributed by atoms with Crippen LogP contribution in [0.2, 0.25) is 0 Å². The van der Waals surface area contributed by atoms with Crippen LogP contribution < -0.4 is 0 Å². The van der Waals surface area contributed by atoms with Crippen molar-refractivity contribution in [3.05, 3.63) is 0 Å². The molecular weight excluding hydrogens is 472 g/mol. The van der Waals surface area contributed by atoms with Crippen molar-refractivity contribution in [2.45, 2.75) is 97.1 Å². The van der Waals surface area contributed by atoms with Gasteiger partial charge in [0.05, 0.1) is 17.9 Å². The molecule has 3 atom stereocenters. The predicted octanol–water partition coefficient (Wildman–Crippen LogP) is 6.03. The zero-order valence-electron chi connectivity index (χ0n) is 20.0. The van der Waals surface area contributed by atoms with Gasteiger partial charge in [0.15, 0.2) is 0 Å². The van der Waals surface area contributed by atoms with Gasteiger partial charge in [0.1, 0.15) is 12.2 Å². The van der Waals surface area contributed by atoms with E-state index in [1.165, 1.54) is 20.8 Å². The van der Waals surface area contributed by atoms with E-state index in [1.807, 2.05) is 0 Å². The van der Waals surface area contributed by atoms with Crippen LogP contribution in [0.1, 0.15) is 73.1 Å². The molecule has 0 bridgehead atoms. The van der Waals surface area contributed by atoms with Gasteiger partial charge in [0, 0.05) is 12.8 Å². The molecule has 12 heteroatoms. The van der Waals surface area contributed by atoms with Crippen LogP contribution in [0.15, 0.2) is 0 Å². The van der Waals surface area contributed by atoms with Gasteiger partial charge in [-0.1, -0.05) is 13.8 Å². The highest BCUT2D eigenvalue weighted by molar-refractivity contribution is 5.96. The third-order valence-corrected chi connectivity index (χ3v) is 5.38. The quantitative estimate of drug-likeness (QED) is 0.268. The Morgan fingerprint density at radius 3 is 1.85 bits per heavy atom. The molecule has 0 aromatic heterocycles. The van der Waals surface area contributed by atoms with Gasteiger partial charge < -0.3 is 9.47 Å². The van der Waals surface area contributed by atoms with E-state index in [0.717, 1.165) is 4.90 Å². The topological polar surface area (TPSA) is 72.9 Å². The average molecular weight is 505 g/mol. The molecular formula is C22H33F6NO5. The third kappa shape index (κ3) is 10.1. The van der Waals surface area contributed by atoms with Crippen LogP contribution >= 0.6 is 0 Å². The Labute approximate surface area is 195 Å². The molecule has 1 aliphatic heterocycles. The summed E-state index contributed by atoms with van der Waals surface area (Å²) in [5.74, 6) is -5.11. The monoisotopic (exact) mass is 505 g/mol. The van der Waals surface area contributed by atoms with Gasteiger partial charge in [-0.15, -0.1) is 0 Å². The predicted molar refractivity (Wildman–Crippen MR) is 109 cm³/mol. The Balaban J connectivity index is 3.31. The molecule has 0 aliphatic carbocycles. The Bertz CT molecular complexity index is 714. The molecule has 0 N–H and O–H groups in total. The molecule has 2 amide bonds. The molecule has 0 aromatic rings. The van der Waals surface area contributed by atoms with Crippen LogP contribution in [-0.4, -0.2) is 53.5 Å². The second kappa shape index (κ2) is 11.6. The first-order valence-electron chi connectivity index (χ1n) is 11.2. The summed E-state index contributed by atoms with van der Waals surface area (Å²) in [6.45, 7) is 7.85. The van der Waals surface area contributed by atoms with Gasteiger partial charge in [-0.2, -0.15) is 26.3 Å². The molecule has 1 saturated heterocycles. The number of nitrogens with zero attached hydrogens (tertiary/aromatic N) is 1. The van der Waals surface area contributed by atoms with Crippen molar-refractivity contribution in [1.29, 1.82) is 0 Å². The molecule has 1 rings (SSSR count). The van der Waals surface area contributed by atoms with Crippen molar-refractivity contribution in [2.24, 2.45) is 17.8 Å². The number of imide groups is 1. The highest BCUT2D eigenvalue weighted by Crippen LogP contribution is 2.35. The molecule has 0 spiro atoms. The van der Waals surface area contributed by atoms with Crippen molar-refractivity contribution in [3.63, 3.8) is 0 Å². The number of hydrogen-bond acceptors (Lipinski definition) is 5. The molecule has 1 fully saturated rings. The Morgan fingerprint density at radius 2 is 1.44 bits per heavy atom. The van der Waals surface area contributed by atoms with Crippen molar-refractivity contribution >= 4 is 18.0 Å². The third-order valence-electron chi connectivity index (χ3n) is 5.38. The van der Waals surface area contributed by atoms with Crippen molar-refractivity contribution in [1.82, 2.24) is 4.90 Å². The lowest BCUT2D eigenvalue weighted by atomic mass is 9.82. The molecule has 3 unspecified atom stereocenters. The number of carbonyl (C=O) groups is 3. The Morgan fingerprint density at radius 1 is 0.971 bits per heavy atom. The summed E-state index contributed by atoms with van der Waals surface area (Å²) in [5, 5.41) is 0. The van der Waals surface area contributed by atoms with E-state index < -0.39 is 92.3 Å². The Kier molecular flexibility index (Phi) is 10.3. The summed E-state index contributed by atoms with van der Waals surface area (Å²) in [6, 6.07) is -0.709. The smallest absolute Gasteiger partial charge is 0.416 e. The van der Waals surface area contributed by atoms with E-state index >= 15 is 0 Å². The number of alkyl halides is 6. The summed E-state index contributed by atoms with van der Waals surface area (Å²) < 4.78 is 86.7. The fourth-order valence-electron chi connectivity index (χ4n) is 3.76. The van der Waals surface area contributed by atoms with Gasteiger partial charge in [0.2, 0.25) is 5.91 Å². The fraction of sp³-hybridized carbons (Fsp3) is 0.864. The summed E-state index contributed by atoms with van der Waals surface area (Å²) in [7, 11) is 0. The largest absolute Gasteiger partial charge is 0.460 e. The molecule has 34 heavy (non-hydrogen) atoms. The highest BCUT2D eigenvalue weighted by atomic mass is 19.4. The normalized spacial score (nSPS) is 19.2. The summed E-state index contributed by atoms with van der Waals surface area (Å²) in [4.78, 5) is 39.4. The van der Waals surface area contributed by atoms with Crippen LogP contribution in [-0.2, 0) is 19.1 Å². The first-order chi connectivity index (χ1) is 15.3. The number of cyclic esters (lactones) is 1. The van der Waals surface area contributed by atoms with E-state index in [9.17, 15) is 40.7 Å². The molecule has 1 heterocycles. The van der Waals surface area contributed by atoms with Gasteiger partial charge in [-0.3, -0.25) is 9.59 Å². The van der Waals surface area contributed by atoms with E-state index in [2.05, 4.69) is 0 Å². The second-order valence-corrected chi connectivity index (χ2v) is 9.86. The summed E-state index contributed by atoms with van der Waals surface area (Å²) >= 11 is 0. The van der Waals surface area contributed by atoms with E-state index in [1.54, 1.807) is 13.8 Å². The van der Waals surface area contributed by atoms with Crippen LogP contribution in [0.3, 0.4) is 0 Å². The molecule has 0 radical (unpaired) electrons. The lowest BCUT2D eigenvalue weighted by Crippen LogP contribution is -2.48. The number of rotatable bonds is 10. The maximum absolute atomic E-state index is 13.4. The van der Waals surface area contributed by atoms with Crippen LogP contribution in [0.25, 0.3) is 0 Å². The number of halogens is 6. The van der Waals surface area contributed by atoms with E-state index in [-0.39, 0.29) is 12.5 Å². The maximum atomic E-state index is 13.4. The van der Waals surface area contributed by atoms with Crippen LogP contribution in [0.5, 0.6) is 0 Å². The SMILES string of the molecule is CC(C)C1COC(=O)N1C(=O)C(CCCC(F)(F)F)C(CCCC(F)(F)F)C(=O)OC(C)(C)C. The maximum Gasteiger partial charge on any atom is 0.416 e. The van der Waals surface area contributed by atoms with Crippen molar-refractivity contribution < 1.29 is 50.2 Å². The number of hydrogen-bond donors (Lipinski definition) is 0. The second-order valence-electron chi connectivity index (χ2n) is 9.86. The zero-order chi connectivity index (χ0) is 26.5. The number of ether oxygens (including phenoxy) is 2. The molecule has 1 aliphatic rings. The van der Waals surface area contributed by atoms with Crippen molar-refractivity contribution in [3.8, 4) is 0 Å². The van der Waals surface area contributed by atoms with Crippen LogP contribution in [0.4, 0.5) is 31.1 Å². The average Bonchev–Trinajstić information content (AvgIpc) is 3.01. The fourth-order valence-corrected chi connectivity index (χ4v) is 3.76. The van der Waals surface area contributed by atoms with Crippen molar-refractivity contribution in [2.75, 3.05) is 6.61 Å². The van der Waals surface area contributed by atoms with Crippen LogP contribution in [0, 0.1) is 17.8 Å². The minimum Gasteiger partial charge on any atom is -0.460 e. The minimum atomic E-state index is -4.53. The molecule has 0 saturated carbocycles. The first kappa shape index (κ1) is 30.0. The lowest BCUT2D eigenvalue weighted by molar-refractivity contribution is -0.167. The van der Waals surface area contributed by atoms with Gasteiger partial charge in [-0.25, -0.2) is 9.69 Å². The highest BCUT2D eigenvalue weighted by Gasteiger charge is 2.46. The molecule has 198 valence electrons. The number of carbonyl (C=O) groups excluding carboxylic acids is 3. The number of esters is 1. The number of amides is 2. The van der Waals surface area contributed by atoms with E-state index in [0.29, 0.717) is 0 Å². The Hall–Kier alpha value is -2.01. The summed E-state index contributed by atoms with van der Waals surface area (Å²) in [6.07, 6.45) is -14.5. The minimum absolute atomic E-state index is 0.122. The molecule has 0 aromatic carbocycles. The van der Waals surface area contributed by atoms with E-state index in [4.69, 9.17) is 9.47 Å². The first-order valence-corrected chi connectivity index (χ1v) is 11.2. The zero-order valence-corrected chi connectivity index (χ0v) is 20.0. The van der Waals surface area contributed by atoms with Gasteiger partial charge >= 0.3 is 24.4 Å². The van der Waals surface area contributed by atoms with Gasteiger partial charge in [0.25, 0.3) is 0 Å². The summed E-state index contributed by atoms with van der Waals surface area (Å²) in [5.41, 5.74) is -1.05. The van der Waals surface area contributed by atoms with Gasteiger partial charge in [-0.05, 0) is 52.4 Å². The standard InChI is InChI=1S/C22H33F6NO5/c1-13(2)16-12-33-19(32)29(16)17(30)14(8-6-10-21(23,24)25)15(9-7-11-22(26,27)28)18(31)34-20(3,4)5/h13-16H,6-12H2,1-5H3. The lowest BCUT2D eigenvalue weighted by Gasteiger charge is -2.32. The molecule has 6 nitrogen and oxygen atoms in total.